The minimum Gasteiger partial charge on any atom is -0.494 e. The minimum absolute atomic E-state index is 0.00215. The van der Waals surface area contributed by atoms with Crippen LogP contribution in [-0.2, 0) is 11.8 Å². The molecular formula is C24H18ClF3N6O3S. The van der Waals surface area contributed by atoms with Crippen LogP contribution in [-0.4, -0.2) is 56.3 Å². The zero-order chi connectivity index (χ0) is 27.3. The number of halogens is 4. The van der Waals surface area contributed by atoms with E-state index in [0.29, 0.717) is 10.5 Å². The maximum atomic E-state index is 14.1. The van der Waals surface area contributed by atoms with Gasteiger partial charge in [0.25, 0.3) is 12.3 Å². The summed E-state index contributed by atoms with van der Waals surface area (Å²) in [7, 11) is 2.67. The van der Waals surface area contributed by atoms with Gasteiger partial charge >= 0.3 is 6.03 Å². The minimum atomic E-state index is -2.89. The van der Waals surface area contributed by atoms with E-state index in [2.05, 4.69) is 9.97 Å². The number of aromatic nitrogens is 3. The van der Waals surface area contributed by atoms with Gasteiger partial charge in [0.15, 0.2) is 17.4 Å². The molecular weight excluding hydrogens is 545 g/mol. The van der Waals surface area contributed by atoms with Crippen molar-refractivity contribution in [2.45, 2.75) is 24.1 Å². The Bertz CT molecular complexity index is 1560. The molecule has 1 saturated heterocycles. The van der Waals surface area contributed by atoms with Crippen LogP contribution in [0.1, 0.15) is 24.2 Å². The van der Waals surface area contributed by atoms with Crippen LogP contribution in [0.5, 0.6) is 5.75 Å². The van der Waals surface area contributed by atoms with Gasteiger partial charge in [-0.3, -0.25) is 9.78 Å². The molecule has 0 spiro atoms. The third-order valence-corrected chi connectivity index (χ3v) is 8.00. The van der Waals surface area contributed by atoms with Crippen LogP contribution in [0.4, 0.5) is 23.7 Å². The number of hydrogen-bond donors (Lipinski definition) is 0. The number of carbonyl (C=O) groups is 2. The summed E-state index contributed by atoms with van der Waals surface area (Å²) in [4.78, 5) is 38.2. The first-order valence-electron chi connectivity index (χ1n) is 11.2. The van der Waals surface area contributed by atoms with Gasteiger partial charge in [0.2, 0.25) is 0 Å². The maximum Gasteiger partial charge on any atom is 0.332 e. The molecule has 14 heteroatoms. The molecule has 0 aliphatic carbocycles. The fourth-order valence-electron chi connectivity index (χ4n) is 4.61. The van der Waals surface area contributed by atoms with Gasteiger partial charge in [0, 0.05) is 24.1 Å². The highest BCUT2D eigenvalue weighted by molar-refractivity contribution is 8.09. The number of fused-ring (bicyclic) bond motifs is 2. The Kier molecular flexibility index (Phi) is 6.70. The van der Waals surface area contributed by atoms with Gasteiger partial charge in [0.1, 0.15) is 10.8 Å². The fraction of sp³-hybridized carbons (Fsp3) is 0.292. The average Bonchev–Trinajstić information content (AvgIpc) is 3.47. The lowest BCUT2D eigenvalue weighted by Crippen LogP contribution is -2.62. The summed E-state index contributed by atoms with van der Waals surface area (Å²) < 4.78 is 47.4. The van der Waals surface area contributed by atoms with E-state index >= 15 is 0 Å². The Hall–Kier alpha value is -3.76. The predicted octanol–water partition coefficient (Wildman–Crippen LogP) is 4.91. The summed E-state index contributed by atoms with van der Waals surface area (Å²) in [5.74, 6) is -1.85. The number of nitriles is 1. The molecule has 1 aromatic carbocycles. The number of carbonyl (C=O) groups excluding carboxylic acids is 2. The molecule has 2 aliphatic rings. The van der Waals surface area contributed by atoms with Crippen LogP contribution in [0.2, 0.25) is 5.02 Å². The topological polar surface area (TPSA) is 104 Å². The van der Waals surface area contributed by atoms with Gasteiger partial charge in [-0.2, -0.15) is 5.26 Å². The number of nitrogens with zero attached hydrogens (tertiary/aromatic N) is 6. The Labute approximate surface area is 223 Å². The second-order valence-corrected chi connectivity index (χ2v) is 10.0. The molecule has 2 atom stereocenters. The molecule has 2 unspecified atom stereocenters. The molecule has 3 amide bonds. The number of imidazole rings is 1. The summed E-state index contributed by atoms with van der Waals surface area (Å²) in [6.07, 6.45) is 1.29. The van der Waals surface area contributed by atoms with E-state index in [1.54, 1.807) is 6.08 Å². The molecule has 38 heavy (non-hydrogen) atoms. The van der Waals surface area contributed by atoms with Crippen molar-refractivity contribution in [1.82, 2.24) is 19.4 Å². The van der Waals surface area contributed by atoms with Gasteiger partial charge in [-0.1, -0.05) is 11.6 Å². The number of thioether (sulfide) groups is 1. The van der Waals surface area contributed by atoms with E-state index in [0.717, 1.165) is 27.3 Å². The zero-order valence-corrected chi connectivity index (χ0v) is 21.4. The number of anilines is 1. The summed E-state index contributed by atoms with van der Waals surface area (Å²) in [5, 5.41) is 8.42. The van der Waals surface area contributed by atoms with E-state index in [1.165, 1.54) is 37.5 Å². The van der Waals surface area contributed by atoms with Crippen LogP contribution < -0.4 is 9.64 Å². The molecule has 0 N–H and O–H groups in total. The number of hydrogen-bond acceptors (Lipinski definition) is 7. The first-order chi connectivity index (χ1) is 18.2. The molecule has 0 saturated carbocycles. The first-order valence-corrected chi connectivity index (χ1v) is 12.5. The lowest BCUT2D eigenvalue weighted by Gasteiger charge is -2.40. The predicted molar refractivity (Wildman–Crippen MR) is 134 cm³/mol. The number of urea groups is 1. The Morgan fingerprint density at radius 2 is 2.05 bits per heavy atom. The molecule has 4 heterocycles. The second-order valence-electron chi connectivity index (χ2n) is 8.44. The smallest absolute Gasteiger partial charge is 0.332 e. The summed E-state index contributed by atoms with van der Waals surface area (Å²) in [6.45, 7) is 0.00215. The molecule has 196 valence electrons. The monoisotopic (exact) mass is 562 g/mol. The number of rotatable bonds is 6. The highest BCUT2D eigenvalue weighted by atomic mass is 35.5. The highest BCUT2D eigenvalue weighted by Crippen LogP contribution is 2.48. The largest absolute Gasteiger partial charge is 0.494 e. The molecule has 1 fully saturated rings. The number of methoxy groups -OCH3 is 1. The zero-order valence-electron chi connectivity index (χ0n) is 19.9. The van der Waals surface area contributed by atoms with Crippen molar-refractivity contribution in [2.75, 3.05) is 18.6 Å². The number of ether oxygens (including phenoxy) is 1. The van der Waals surface area contributed by atoms with Crippen molar-refractivity contribution < 1.29 is 27.5 Å². The quantitative estimate of drug-likeness (QED) is 0.420. The number of imide groups is 1. The van der Waals surface area contributed by atoms with Crippen LogP contribution >= 0.6 is 23.4 Å². The third-order valence-electron chi connectivity index (χ3n) is 6.35. The van der Waals surface area contributed by atoms with Crippen molar-refractivity contribution >= 4 is 56.9 Å². The van der Waals surface area contributed by atoms with Gasteiger partial charge in [0.05, 0.1) is 54.3 Å². The fourth-order valence-corrected chi connectivity index (χ4v) is 6.28. The van der Waals surface area contributed by atoms with Gasteiger partial charge in [-0.15, -0.1) is 11.8 Å². The second kappa shape index (κ2) is 9.85. The maximum absolute atomic E-state index is 14.1. The van der Waals surface area contributed by atoms with Crippen molar-refractivity contribution in [3.05, 3.63) is 52.8 Å². The normalized spacial score (nSPS) is 19.3. The van der Waals surface area contributed by atoms with Crippen LogP contribution in [0.25, 0.3) is 15.9 Å². The van der Waals surface area contributed by atoms with Crippen LogP contribution in [0.3, 0.4) is 0 Å². The summed E-state index contributed by atoms with van der Waals surface area (Å²) >= 11 is 7.43. The first kappa shape index (κ1) is 25.9. The third kappa shape index (κ3) is 4.04. The molecule has 0 radical (unpaired) electrons. The van der Waals surface area contributed by atoms with E-state index < -0.39 is 41.3 Å². The van der Waals surface area contributed by atoms with Crippen molar-refractivity contribution in [2.24, 2.45) is 7.05 Å². The molecule has 3 aromatic rings. The number of amides is 3. The number of aryl methyl sites for hydroxylation is 1. The van der Waals surface area contributed by atoms with Crippen molar-refractivity contribution in [3.63, 3.8) is 0 Å². The number of alkyl halides is 2. The van der Waals surface area contributed by atoms with Gasteiger partial charge in [-0.05, 0) is 18.2 Å². The SMILES string of the molecule is COc1cc(C2=CC3C(S2)C(=O)N(c2cncc4nc(C(F)F)n(C)c24)C(=O)N3CCC#N)c(Cl)cc1F. The van der Waals surface area contributed by atoms with E-state index in [4.69, 9.17) is 16.3 Å². The Morgan fingerprint density at radius 1 is 1.29 bits per heavy atom. The molecule has 2 aliphatic heterocycles. The van der Waals surface area contributed by atoms with Gasteiger partial charge in [-0.25, -0.2) is 27.8 Å². The Morgan fingerprint density at radius 3 is 2.74 bits per heavy atom. The standard InChI is InChI=1S/C24H18ClF3N6O3S/c1-32-19-14(31-22(32)21(27)28)9-30-10-16(19)34-23(35)20-15(33(24(34)36)5-3-4-29)8-18(38-20)11-6-17(37-2)13(26)7-12(11)25/h6-10,15,20-21H,3,5H2,1-2H3. The van der Waals surface area contributed by atoms with Crippen molar-refractivity contribution in [1.29, 1.82) is 5.26 Å². The molecule has 2 aromatic heterocycles. The van der Waals surface area contributed by atoms with Gasteiger partial charge < -0.3 is 14.2 Å². The average molecular weight is 563 g/mol. The molecule has 9 nitrogen and oxygen atoms in total. The van der Waals surface area contributed by atoms with E-state index in [1.807, 2.05) is 6.07 Å². The number of pyridine rings is 1. The van der Waals surface area contributed by atoms with Crippen LogP contribution in [0, 0.1) is 17.1 Å². The lowest BCUT2D eigenvalue weighted by molar-refractivity contribution is -0.119. The van der Waals surface area contributed by atoms with Crippen LogP contribution in [0.15, 0.2) is 30.6 Å². The number of benzene rings is 1. The van der Waals surface area contributed by atoms with E-state index in [9.17, 15) is 28.0 Å². The van der Waals surface area contributed by atoms with E-state index in [-0.39, 0.29) is 40.5 Å². The van der Waals surface area contributed by atoms with Crippen molar-refractivity contribution in [3.8, 4) is 11.8 Å². The lowest BCUT2D eigenvalue weighted by atomic mass is 10.0. The summed E-state index contributed by atoms with van der Waals surface area (Å²) in [6, 6.07) is 3.03. The highest BCUT2D eigenvalue weighted by Gasteiger charge is 2.50. The summed E-state index contributed by atoms with van der Waals surface area (Å²) in [5.41, 5.74) is 0.636. The molecule has 0 bridgehead atoms. The molecule has 5 rings (SSSR count). The Balaban J connectivity index is 1.61.